The average molecular weight is 302 g/mol. The van der Waals surface area contributed by atoms with Crippen molar-refractivity contribution in [2.24, 2.45) is 11.3 Å². The molecule has 1 N–H and O–H groups in total. The van der Waals surface area contributed by atoms with Crippen molar-refractivity contribution in [2.45, 2.75) is 51.3 Å². The minimum atomic E-state index is 0.279. The molecule has 2 aliphatic heterocycles. The molecule has 3 atom stereocenters. The van der Waals surface area contributed by atoms with E-state index in [4.69, 9.17) is 4.74 Å². The molecule has 3 fully saturated rings. The summed E-state index contributed by atoms with van der Waals surface area (Å²) in [7, 11) is 0. The van der Waals surface area contributed by atoms with Crippen LogP contribution in [0, 0.1) is 11.3 Å². The molecule has 5 nitrogen and oxygen atoms in total. The van der Waals surface area contributed by atoms with E-state index in [0.29, 0.717) is 18.2 Å². The highest BCUT2D eigenvalue weighted by Crippen LogP contribution is 2.52. The van der Waals surface area contributed by atoms with Gasteiger partial charge in [-0.2, -0.15) is 0 Å². The molecule has 1 aromatic rings. The van der Waals surface area contributed by atoms with Gasteiger partial charge < -0.3 is 15.0 Å². The predicted molar refractivity (Wildman–Crippen MR) is 85.8 cm³/mol. The van der Waals surface area contributed by atoms with E-state index < -0.39 is 0 Å². The molecule has 1 aliphatic carbocycles. The molecule has 3 heterocycles. The quantitative estimate of drug-likeness (QED) is 0.923. The first-order valence-corrected chi connectivity index (χ1v) is 8.56. The van der Waals surface area contributed by atoms with Crippen LogP contribution in [0.4, 0.5) is 5.95 Å². The number of fused-ring (bicyclic) bond motifs is 1. The number of nitrogens with zero attached hydrogens (tertiary/aromatic N) is 3. The normalized spacial score (nSPS) is 34.3. The van der Waals surface area contributed by atoms with Crippen molar-refractivity contribution in [1.82, 2.24) is 15.3 Å². The Morgan fingerprint density at radius 2 is 1.91 bits per heavy atom. The minimum absolute atomic E-state index is 0.279. The summed E-state index contributed by atoms with van der Waals surface area (Å²) in [5, 5.41) is 3.94. The number of anilines is 1. The molecule has 3 aliphatic rings. The van der Waals surface area contributed by atoms with Crippen molar-refractivity contribution in [3.05, 3.63) is 18.5 Å². The van der Waals surface area contributed by atoms with Crippen molar-refractivity contribution in [2.75, 3.05) is 24.6 Å². The van der Waals surface area contributed by atoms with E-state index in [-0.39, 0.29) is 5.41 Å². The van der Waals surface area contributed by atoms with E-state index in [0.717, 1.165) is 31.6 Å². The number of rotatable bonds is 3. The molecule has 0 amide bonds. The van der Waals surface area contributed by atoms with Gasteiger partial charge in [-0.15, -0.1) is 0 Å². The Hall–Kier alpha value is -1.20. The summed E-state index contributed by atoms with van der Waals surface area (Å²) in [5.41, 5.74) is 0.279. The van der Waals surface area contributed by atoms with Gasteiger partial charge in [-0.05, 0) is 25.3 Å². The van der Waals surface area contributed by atoms with Crippen LogP contribution in [0.5, 0.6) is 0 Å². The zero-order valence-corrected chi connectivity index (χ0v) is 13.5. The first-order valence-electron chi connectivity index (χ1n) is 8.56. The summed E-state index contributed by atoms with van der Waals surface area (Å²) in [6.07, 6.45) is 7.69. The van der Waals surface area contributed by atoms with Crippen LogP contribution in [0.25, 0.3) is 0 Å². The van der Waals surface area contributed by atoms with Gasteiger partial charge in [0.25, 0.3) is 0 Å². The molecule has 1 saturated carbocycles. The van der Waals surface area contributed by atoms with E-state index in [1.165, 1.54) is 19.3 Å². The largest absolute Gasteiger partial charge is 0.377 e. The van der Waals surface area contributed by atoms with Crippen molar-refractivity contribution in [1.29, 1.82) is 0 Å². The standard InChI is InChI=1S/C17H26N4O/c1-17(2)14(13-6-11-22-15(13)17)20-12-4-9-21(10-5-12)16-18-7-3-8-19-16/h3,7-8,12-15,20H,4-6,9-11H2,1-2H3/t13-,14?,15-/m0/s1. The fourth-order valence-corrected chi connectivity index (χ4v) is 4.62. The molecular weight excluding hydrogens is 276 g/mol. The average Bonchev–Trinajstić information content (AvgIpc) is 3.01. The maximum Gasteiger partial charge on any atom is 0.225 e. The van der Waals surface area contributed by atoms with Gasteiger partial charge in [-0.1, -0.05) is 13.8 Å². The van der Waals surface area contributed by atoms with E-state index in [2.05, 4.69) is 34.0 Å². The third-order valence-corrected chi connectivity index (χ3v) is 5.85. The second kappa shape index (κ2) is 5.46. The van der Waals surface area contributed by atoms with Crippen molar-refractivity contribution in [3.63, 3.8) is 0 Å². The molecule has 5 heteroatoms. The third-order valence-electron chi connectivity index (χ3n) is 5.85. The zero-order valence-electron chi connectivity index (χ0n) is 13.5. The first-order chi connectivity index (χ1) is 10.7. The van der Waals surface area contributed by atoms with Crippen LogP contribution in [0.2, 0.25) is 0 Å². The molecule has 1 unspecified atom stereocenters. The van der Waals surface area contributed by atoms with Crippen LogP contribution in [0.3, 0.4) is 0 Å². The second-order valence-electron chi connectivity index (χ2n) is 7.52. The number of aromatic nitrogens is 2. The highest BCUT2D eigenvalue weighted by molar-refractivity contribution is 5.29. The third kappa shape index (κ3) is 2.31. The summed E-state index contributed by atoms with van der Waals surface area (Å²) in [4.78, 5) is 11.0. The van der Waals surface area contributed by atoms with Crippen LogP contribution in [0.15, 0.2) is 18.5 Å². The molecule has 120 valence electrons. The van der Waals surface area contributed by atoms with E-state index in [1.54, 1.807) is 0 Å². The van der Waals surface area contributed by atoms with Crippen molar-refractivity contribution in [3.8, 4) is 0 Å². The van der Waals surface area contributed by atoms with Gasteiger partial charge in [0.15, 0.2) is 0 Å². The summed E-state index contributed by atoms with van der Waals surface area (Å²) in [6, 6.07) is 3.10. The lowest BCUT2D eigenvalue weighted by atomic mass is 9.57. The fourth-order valence-electron chi connectivity index (χ4n) is 4.62. The monoisotopic (exact) mass is 302 g/mol. The summed E-state index contributed by atoms with van der Waals surface area (Å²) < 4.78 is 5.90. The van der Waals surface area contributed by atoms with Crippen LogP contribution in [0.1, 0.15) is 33.1 Å². The molecule has 4 rings (SSSR count). The molecular formula is C17H26N4O. The van der Waals surface area contributed by atoms with Crippen LogP contribution in [-0.4, -0.2) is 47.9 Å². The molecule has 0 aromatic carbocycles. The number of nitrogens with one attached hydrogen (secondary N) is 1. The molecule has 0 spiro atoms. The van der Waals surface area contributed by atoms with E-state index in [9.17, 15) is 0 Å². The summed E-state index contributed by atoms with van der Waals surface area (Å²) in [5.74, 6) is 1.60. The highest BCUT2D eigenvalue weighted by atomic mass is 16.5. The smallest absolute Gasteiger partial charge is 0.225 e. The lowest BCUT2D eigenvalue weighted by Gasteiger charge is -2.56. The second-order valence-corrected chi connectivity index (χ2v) is 7.52. The van der Waals surface area contributed by atoms with Gasteiger partial charge in [0.1, 0.15) is 0 Å². The maximum absolute atomic E-state index is 5.90. The Balaban J connectivity index is 1.33. The SMILES string of the molecule is CC1(C)C(NC2CCN(c3ncccn3)CC2)[C@@H]2CCO[C@@H]21. The number of hydrogen-bond acceptors (Lipinski definition) is 5. The first kappa shape index (κ1) is 14.4. The Morgan fingerprint density at radius 1 is 1.18 bits per heavy atom. The van der Waals surface area contributed by atoms with Gasteiger partial charge in [0, 0.05) is 55.5 Å². The maximum atomic E-state index is 5.90. The summed E-state index contributed by atoms with van der Waals surface area (Å²) >= 11 is 0. The van der Waals surface area contributed by atoms with Gasteiger partial charge in [-0.3, -0.25) is 0 Å². The molecule has 1 aromatic heterocycles. The van der Waals surface area contributed by atoms with Crippen LogP contribution in [-0.2, 0) is 4.74 Å². The Labute approximate surface area is 132 Å². The van der Waals surface area contributed by atoms with Crippen LogP contribution >= 0.6 is 0 Å². The number of ether oxygens (including phenoxy) is 1. The van der Waals surface area contributed by atoms with Crippen molar-refractivity contribution >= 4 is 5.95 Å². The number of hydrogen-bond donors (Lipinski definition) is 1. The van der Waals surface area contributed by atoms with E-state index in [1.807, 2.05) is 18.5 Å². The number of piperidine rings is 1. The molecule has 22 heavy (non-hydrogen) atoms. The van der Waals surface area contributed by atoms with Gasteiger partial charge in [-0.25, -0.2) is 9.97 Å². The Kier molecular flexibility index (Phi) is 3.57. The zero-order chi connectivity index (χ0) is 15.2. The molecule has 0 bridgehead atoms. The Bertz CT molecular complexity index is 513. The minimum Gasteiger partial charge on any atom is -0.377 e. The highest BCUT2D eigenvalue weighted by Gasteiger charge is 2.59. The topological polar surface area (TPSA) is 50.3 Å². The van der Waals surface area contributed by atoms with Gasteiger partial charge in [0.2, 0.25) is 5.95 Å². The summed E-state index contributed by atoms with van der Waals surface area (Å²) in [6.45, 7) is 7.73. The van der Waals surface area contributed by atoms with Crippen molar-refractivity contribution < 1.29 is 4.74 Å². The fraction of sp³-hybridized carbons (Fsp3) is 0.765. The lowest BCUT2D eigenvalue weighted by molar-refractivity contribution is -0.116. The Morgan fingerprint density at radius 3 is 2.64 bits per heavy atom. The lowest BCUT2D eigenvalue weighted by Crippen LogP contribution is -2.68. The predicted octanol–water partition coefficient (Wildman–Crippen LogP) is 1.85. The molecule has 0 radical (unpaired) electrons. The van der Waals surface area contributed by atoms with E-state index >= 15 is 0 Å². The van der Waals surface area contributed by atoms with Crippen LogP contribution < -0.4 is 10.2 Å². The van der Waals surface area contributed by atoms with Gasteiger partial charge in [0.05, 0.1) is 6.10 Å². The molecule has 2 saturated heterocycles. The van der Waals surface area contributed by atoms with Gasteiger partial charge >= 0.3 is 0 Å².